The van der Waals surface area contributed by atoms with Crippen molar-refractivity contribution in [1.82, 2.24) is 0 Å². The van der Waals surface area contributed by atoms with Crippen LogP contribution in [0.2, 0.25) is 0 Å². The molecule has 0 saturated carbocycles. The van der Waals surface area contributed by atoms with Gasteiger partial charge in [-0.15, -0.1) is 0 Å². The van der Waals surface area contributed by atoms with Gasteiger partial charge < -0.3 is 9.84 Å². The molecule has 17 heavy (non-hydrogen) atoms. The van der Waals surface area contributed by atoms with E-state index in [0.29, 0.717) is 0 Å². The van der Waals surface area contributed by atoms with Crippen molar-refractivity contribution >= 4 is 5.97 Å². The first-order valence-corrected chi connectivity index (χ1v) is 4.89. The van der Waals surface area contributed by atoms with Crippen molar-refractivity contribution in [2.75, 3.05) is 6.61 Å². The van der Waals surface area contributed by atoms with Crippen LogP contribution in [-0.4, -0.2) is 23.9 Å². The second-order valence-electron chi connectivity index (χ2n) is 3.35. The van der Waals surface area contributed by atoms with Gasteiger partial charge in [-0.3, -0.25) is 0 Å². The van der Waals surface area contributed by atoms with Crippen molar-refractivity contribution < 1.29 is 27.8 Å². The highest BCUT2D eigenvalue weighted by Crippen LogP contribution is 2.28. The molecule has 1 N–H and O–H groups in total. The lowest BCUT2D eigenvalue weighted by Gasteiger charge is -2.12. The lowest BCUT2D eigenvalue weighted by atomic mass is 10.1. The Hall–Kier alpha value is -1.72. The molecular formula is C11H11F3O3. The molecule has 0 radical (unpaired) electrons. The van der Waals surface area contributed by atoms with Crippen LogP contribution in [0.1, 0.15) is 22.8 Å². The zero-order valence-corrected chi connectivity index (χ0v) is 9.04. The first-order chi connectivity index (χ1) is 7.83. The molecule has 1 aromatic rings. The number of carboxylic acid groups (broad SMARTS) is 1. The van der Waals surface area contributed by atoms with Crippen LogP contribution in [0.4, 0.5) is 13.2 Å². The number of hydrogen-bond acceptors (Lipinski definition) is 2. The first-order valence-electron chi connectivity index (χ1n) is 4.89. The van der Waals surface area contributed by atoms with Gasteiger partial charge in [0.25, 0.3) is 0 Å². The maximum atomic E-state index is 12.2. The van der Waals surface area contributed by atoms with Gasteiger partial charge in [-0.05, 0) is 19.1 Å². The van der Waals surface area contributed by atoms with Gasteiger partial charge in [0.2, 0.25) is 0 Å². The fraction of sp³-hybridized carbons (Fsp3) is 0.364. The zero-order chi connectivity index (χ0) is 13.1. The predicted octanol–water partition coefficient (Wildman–Crippen LogP) is 2.89. The molecule has 0 aromatic heterocycles. The fourth-order valence-electron chi connectivity index (χ4n) is 1.34. The number of ether oxygens (including phenoxy) is 1. The Balaban J connectivity index is 3.08. The molecule has 0 heterocycles. The summed E-state index contributed by atoms with van der Waals surface area (Å²) < 4.78 is 41.8. The summed E-state index contributed by atoms with van der Waals surface area (Å²) in [6.07, 6.45) is -5.49. The van der Waals surface area contributed by atoms with Crippen LogP contribution >= 0.6 is 0 Å². The summed E-state index contributed by atoms with van der Waals surface area (Å²) in [6, 6.07) is 3.36. The number of carbonyl (C=O) groups is 1. The topological polar surface area (TPSA) is 46.5 Å². The van der Waals surface area contributed by atoms with Crippen LogP contribution in [0.3, 0.4) is 0 Å². The Kier molecular flexibility index (Phi) is 3.98. The van der Waals surface area contributed by atoms with Crippen LogP contribution in [-0.2, 0) is 6.42 Å². The second-order valence-corrected chi connectivity index (χ2v) is 3.35. The Labute approximate surface area is 95.8 Å². The van der Waals surface area contributed by atoms with Gasteiger partial charge in [-0.2, -0.15) is 13.2 Å². The maximum Gasteiger partial charge on any atom is 0.393 e. The number of benzene rings is 1. The van der Waals surface area contributed by atoms with Crippen LogP contribution in [0, 0.1) is 0 Å². The highest BCUT2D eigenvalue weighted by atomic mass is 19.4. The van der Waals surface area contributed by atoms with E-state index in [4.69, 9.17) is 9.84 Å². The smallest absolute Gasteiger partial charge is 0.393 e. The van der Waals surface area contributed by atoms with E-state index in [-0.39, 0.29) is 23.5 Å². The largest absolute Gasteiger partial charge is 0.494 e. The van der Waals surface area contributed by atoms with Gasteiger partial charge in [0.15, 0.2) is 0 Å². The van der Waals surface area contributed by atoms with E-state index < -0.39 is 18.6 Å². The van der Waals surface area contributed by atoms with Gasteiger partial charge in [0, 0.05) is 5.56 Å². The Morgan fingerprint density at radius 3 is 2.53 bits per heavy atom. The van der Waals surface area contributed by atoms with Crippen LogP contribution in [0.25, 0.3) is 0 Å². The SMILES string of the molecule is CCOc1cc(C(=O)O)ccc1CC(F)(F)F. The van der Waals surface area contributed by atoms with Crippen molar-refractivity contribution in [2.24, 2.45) is 0 Å². The molecule has 0 amide bonds. The van der Waals surface area contributed by atoms with Crippen LogP contribution in [0.5, 0.6) is 5.75 Å². The van der Waals surface area contributed by atoms with E-state index in [1.54, 1.807) is 6.92 Å². The second kappa shape index (κ2) is 5.07. The van der Waals surface area contributed by atoms with Gasteiger partial charge in [-0.1, -0.05) is 6.07 Å². The quantitative estimate of drug-likeness (QED) is 0.891. The molecule has 0 atom stereocenters. The molecule has 94 valence electrons. The minimum Gasteiger partial charge on any atom is -0.494 e. The lowest BCUT2D eigenvalue weighted by molar-refractivity contribution is -0.127. The molecule has 0 saturated heterocycles. The summed E-state index contributed by atoms with van der Waals surface area (Å²) in [5.41, 5.74) is -0.163. The summed E-state index contributed by atoms with van der Waals surface area (Å²) >= 11 is 0. The van der Waals surface area contributed by atoms with Crippen LogP contribution in [0.15, 0.2) is 18.2 Å². The van der Waals surface area contributed by atoms with Gasteiger partial charge in [0.1, 0.15) is 5.75 Å². The molecule has 0 aliphatic carbocycles. The van der Waals surface area contributed by atoms with E-state index in [1.807, 2.05) is 0 Å². The molecule has 6 heteroatoms. The molecule has 3 nitrogen and oxygen atoms in total. The highest BCUT2D eigenvalue weighted by molar-refractivity contribution is 5.88. The summed E-state index contributed by atoms with van der Waals surface area (Å²) in [5.74, 6) is -1.24. The molecule has 0 spiro atoms. The lowest BCUT2D eigenvalue weighted by Crippen LogP contribution is -2.13. The molecule has 0 fully saturated rings. The maximum absolute atomic E-state index is 12.2. The molecule has 0 unspecified atom stereocenters. The van der Waals surface area contributed by atoms with E-state index >= 15 is 0 Å². The van der Waals surface area contributed by atoms with E-state index in [9.17, 15) is 18.0 Å². The number of aromatic carboxylic acids is 1. The number of halogens is 3. The van der Waals surface area contributed by atoms with Crippen molar-refractivity contribution in [2.45, 2.75) is 19.5 Å². The minimum absolute atomic E-state index is 0.0373. The van der Waals surface area contributed by atoms with E-state index in [2.05, 4.69) is 0 Å². The van der Waals surface area contributed by atoms with E-state index in [0.717, 1.165) is 18.2 Å². The molecule has 1 aromatic carbocycles. The molecule has 1 rings (SSSR count). The Morgan fingerprint density at radius 1 is 1.41 bits per heavy atom. The summed E-state index contributed by atoms with van der Waals surface area (Å²) in [7, 11) is 0. The average molecular weight is 248 g/mol. The molecule has 0 bridgehead atoms. The third-order valence-corrected chi connectivity index (χ3v) is 2.00. The normalized spacial score (nSPS) is 11.3. The predicted molar refractivity (Wildman–Crippen MR) is 54.3 cm³/mol. The Bertz CT molecular complexity index is 413. The monoisotopic (exact) mass is 248 g/mol. The van der Waals surface area contributed by atoms with Crippen molar-refractivity contribution in [1.29, 1.82) is 0 Å². The van der Waals surface area contributed by atoms with Crippen molar-refractivity contribution in [3.63, 3.8) is 0 Å². The first kappa shape index (κ1) is 13.3. The summed E-state index contributed by atoms with van der Waals surface area (Å²) in [5, 5.41) is 8.72. The molecule has 0 aliphatic rings. The number of alkyl halides is 3. The van der Waals surface area contributed by atoms with Gasteiger partial charge in [-0.25, -0.2) is 4.79 Å². The van der Waals surface area contributed by atoms with Crippen LogP contribution < -0.4 is 4.74 Å². The van der Waals surface area contributed by atoms with E-state index in [1.165, 1.54) is 0 Å². The number of carboxylic acids is 1. The average Bonchev–Trinajstić information content (AvgIpc) is 2.18. The highest BCUT2D eigenvalue weighted by Gasteiger charge is 2.29. The molecular weight excluding hydrogens is 237 g/mol. The number of hydrogen-bond donors (Lipinski definition) is 1. The van der Waals surface area contributed by atoms with Crippen molar-refractivity contribution in [3.8, 4) is 5.75 Å². The zero-order valence-electron chi connectivity index (χ0n) is 9.04. The fourth-order valence-corrected chi connectivity index (χ4v) is 1.34. The molecule has 0 aliphatic heterocycles. The summed E-state index contributed by atoms with van der Waals surface area (Å²) in [6.45, 7) is 1.79. The summed E-state index contributed by atoms with van der Waals surface area (Å²) in [4.78, 5) is 10.7. The number of rotatable bonds is 4. The standard InChI is InChI=1S/C11H11F3O3/c1-2-17-9-5-7(10(15)16)3-4-8(9)6-11(12,13)14/h3-5H,2,6H2,1H3,(H,15,16). The van der Waals surface area contributed by atoms with Gasteiger partial charge >= 0.3 is 12.1 Å². The third-order valence-electron chi connectivity index (χ3n) is 2.00. The Morgan fingerprint density at radius 2 is 2.06 bits per heavy atom. The third kappa shape index (κ3) is 3.97. The van der Waals surface area contributed by atoms with Gasteiger partial charge in [0.05, 0.1) is 18.6 Å². The minimum atomic E-state index is -4.35. The van der Waals surface area contributed by atoms with Crippen molar-refractivity contribution in [3.05, 3.63) is 29.3 Å².